The van der Waals surface area contributed by atoms with E-state index in [1.165, 1.54) is 128 Å². The standard InChI is InChI=1S/C33H64O4/c1-3-5-7-9-11-13-15-16-17-19-21-23-25-27-29-36-31-32(30-34)37-33(35)28-26-24-22-20-18-14-12-10-8-6-4-2/h13,15,32,34H,3-12,14,16-31H2,1-2H3/b15-13-. The Morgan fingerprint density at radius 1 is 0.622 bits per heavy atom. The van der Waals surface area contributed by atoms with Crippen LogP contribution in [0, 0.1) is 0 Å². The monoisotopic (exact) mass is 524 g/mol. The van der Waals surface area contributed by atoms with Gasteiger partial charge in [-0.3, -0.25) is 4.79 Å². The molecule has 1 N–H and O–H groups in total. The zero-order valence-corrected chi connectivity index (χ0v) is 25.0. The van der Waals surface area contributed by atoms with Gasteiger partial charge in [0.2, 0.25) is 0 Å². The normalized spacial score (nSPS) is 12.4. The Bertz CT molecular complexity index is 477. The molecule has 0 fully saturated rings. The van der Waals surface area contributed by atoms with Crippen LogP contribution in [-0.4, -0.2) is 37.0 Å². The third-order valence-corrected chi connectivity index (χ3v) is 7.09. The highest BCUT2D eigenvalue weighted by Crippen LogP contribution is 2.13. The lowest BCUT2D eigenvalue weighted by Gasteiger charge is -2.15. The van der Waals surface area contributed by atoms with Gasteiger partial charge < -0.3 is 14.6 Å². The molecule has 0 aromatic heterocycles. The fraction of sp³-hybridized carbons (Fsp3) is 0.909. The maximum Gasteiger partial charge on any atom is 0.306 e. The lowest BCUT2D eigenvalue weighted by molar-refractivity contribution is -0.154. The molecule has 0 spiro atoms. The first-order valence-corrected chi connectivity index (χ1v) is 16.3. The minimum absolute atomic E-state index is 0.169. The van der Waals surface area contributed by atoms with E-state index in [1.54, 1.807) is 0 Å². The minimum atomic E-state index is -0.528. The van der Waals surface area contributed by atoms with Crippen molar-refractivity contribution in [2.75, 3.05) is 19.8 Å². The zero-order valence-electron chi connectivity index (χ0n) is 25.0. The molecule has 4 heteroatoms. The van der Waals surface area contributed by atoms with E-state index in [0.29, 0.717) is 19.6 Å². The maximum absolute atomic E-state index is 12.1. The molecule has 0 bridgehead atoms. The van der Waals surface area contributed by atoms with Crippen molar-refractivity contribution in [3.63, 3.8) is 0 Å². The van der Waals surface area contributed by atoms with Gasteiger partial charge in [0.25, 0.3) is 0 Å². The molecular weight excluding hydrogens is 460 g/mol. The molecule has 0 aliphatic heterocycles. The second kappa shape index (κ2) is 31.3. The highest BCUT2D eigenvalue weighted by atomic mass is 16.6. The lowest BCUT2D eigenvalue weighted by Crippen LogP contribution is -2.27. The lowest BCUT2D eigenvalue weighted by atomic mass is 10.1. The van der Waals surface area contributed by atoms with Gasteiger partial charge in [0.1, 0.15) is 6.10 Å². The number of carbonyl (C=O) groups excluding carboxylic acids is 1. The summed E-state index contributed by atoms with van der Waals surface area (Å²) in [5, 5.41) is 9.50. The van der Waals surface area contributed by atoms with Crippen molar-refractivity contribution in [1.82, 2.24) is 0 Å². The Balaban J connectivity index is 3.44. The number of ether oxygens (including phenoxy) is 2. The first kappa shape index (κ1) is 36.1. The first-order chi connectivity index (χ1) is 18.2. The maximum atomic E-state index is 12.1. The summed E-state index contributed by atoms with van der Waals surface area (Å²) in [4.78, 5) is 12.1. The van der Waals surface area contributed by atoms with Crippen molar-refractivity contribution < 1.29 is 19.4 Å². The average Bonchev–Trinajstić information content (AvgIpc) is 2.90. The van der Waals surface area contributed by atoms with E-state index in [9.17, 15) is 9.90 Å². The SMILES string of the molecule is CCCCCC/C=C\CCCCCCCCOCC(CO)OC(=O)CCCCCCCCCCCCC. The number of aliphatic hydroxyl groups excluding tert-OH is 1. The highest BCUT2D eigenvalue weighted by Gasteiger charge is 2.13. The van der Waals surface area contributed by atoms with Crippen LogP contribution in [0.5, 0.6) is 0 Å². The second-order valence-electron chi connectivity index (χ2n) is 10.9. The van der Waals surface area contributed by atoms with Gasteiger partial charge in [-0.2, -0.15) is 0 Å². The van der Waals surface area contributed by atoms with Gasteiger partial charge >= 0.3 is 5.97 Å². The largest absolute Gasteiger partial charge is 0.457 e. The molecular formula is C33H64O4. The topological polar surface area (TPSA) is 55.8 Å². The average molecular weight is 525 g/mol. The van der Waals surface area contributed by atoms with Crippen molar-refractivity contribution in [3.05, 3.63) is 12.2 Å². The number of unbranched alkanes of at least 4 members (excludes halogenated alkanes) is 20. The summed E-state index contributed by atoms with van der Waals surface area (Å²) >= 11 is 0. The van der Waals surface area contributed by atoms with E-state index >= 15 is 0 Å². The van der Waals surface area contributed by atoms with Gasteiger partial charge in [-0.1, -0.05) is 135 Å². The molecule has 0 amide bonds. The summed E-state index contributed by atoms with van der Waals surface area (Å²) in [6, 6.07) is 0. The third kappa shape index (κ3) is 29.5. The first-order valence-electron chi connectivity index (χ1n) is 16.3. The van der Waals surface area contributed by atoms with E-state index in [-0.39, 0.29) is 12.6 Å². The Labute approximate surface area is 231 Å². The molecule has 0 saturated carbocycles. The van der Waals surface area contributed by atoms with Crippen LogP contribution in [0.2, 0.25) is 0 Å². The molecule has 0 heterocycles. The van der Waals surface area contributed by atoms with Crippen LogP contribution in [0.25, 0.3) is 0 Å². The second-order valence-corrected chi connectivity index (χ2v) is 10.9. The van der Waals surface area contributed by atoms with Crippen LogP contribution in [0.1, 0.15) is 168 Å². The van der Waals surface area contributed by atoms with E-state index in [4.69, 9.17) is 9.47 Å². The molecule has 1 atom stereocenters. The zero-order chi connectivity index (χ0) is 27.1. The number of hydrogen-bond donors (Lipinski definition) is 1. The van der Waals surface area contributed by atoms with Crippen molar-refractivity contribution in [2.45, 2.75) is 174 Å². The Morgan fingerprint density at radius 3 is 1.57 bits per heavy atom. The van der Waals surface area contributed by atoms with Gasteiger partial charge in [0, 0.05) is 13.0 Å². The summed E-state index contributed by atoms with van der Waals surface area (Å²) in [5.74, 6) is -0.204. The van der Waals surface area contributed by atoms with Crippen LogP contribution in [-0.2, 0) is 14.3 Å². The number of aliphatic hydroxyl groups is 1. The van der Waals surface area contributed by atoms with Gasteiger partial charge in [0.05, 0.1) is 13.2 Å². The smallest absolute Gasteiger partial charge is 0.306 e. The summed E-state index contributed by atoms with van der Waals surface area (Å²) in [6.45, 7) is 5.32. The highest BCUT2D eigenvalue weighted by molar-refractivity contribution is 5.69. The Kier molecular flexibility index (Phi) is 30.6. The van der Waals surface area contributed by atoms with Gasteiger partial charge in [0.15, 0.2) is 0 Å². The molecule has 0 saturated heterocycles. The quantitative estimate of drug-likeness (QED) is 0.0577. The van der Waals surface area contributed by atoms with Crippen molar-refractivity contribution in [1.29, 1.82) is 0 Å². The van der Waals surface area contributed by atoms with E-state index in [2.05, 4.69) is 26.0 Å². The number of carbonyl (C=O) groups is 1. The van der Waals surface area contributed by atoms with Crippen LogP contribution in [0.15, 0.2) is 12.2 Å². The van der Waals surface area contributed by atoms with E-state index in [1.807, 2.05) is 0 Å². The summed E-state index contributed by atoms with van der Waals surface area (Å²) in [5.41, 5.74) is 0. The third-order valence-electron chi connectivity index (χ3n) is 7.09. The van der Waals surface area contributed by atoms with Gasteiger partial charge in [-0.25, -0.2) is 0 Å². The molecule has 0 radical (unpaired) electrons. The molecule has 220 valence electrons. The van der Waals surface area contributed by atoms with E-state index in [0.717, 1.165) is 19.3 Å². The Hall–Kier alpha value is -0.870. The number of esters is 1. The van der Waals surface area contributed by atoms with Crippen molar-refractivity contribution >= 4 is 5.97 Å². The minimum Gasteiger partial charge on any atom is -0.457 e. The van der Waals surface area contributed by atoms with Crippen LogP contribution in [0.4, 0.5) is 0 Å². The van der Waals surface area contributed by atoms with Crippen molar-refractivity contribution in [2.24, 2.45) is 0 Å². The Morgan fingerprint density at radius 2 is 1.05 bits per heavy atom. The predicted octanol–water partition coefficient (Wildman–Crippen LogP) is 9.87. The van der Waals surface area contributed by atoms with Crippen molar-refractivity contribution in [3.8, 4) is 0 Å². The summed E-state index contributed by atoms with van der Waals surface area (Å²) < 4.78 is 11.1. The van der Waals surface area contributed by atoms with Gasteiger partial charge in [-0.15, -0.1) is 0 Å². The molecule has 1 unspecified atom stereocenters. The number of allylic oxidation sites excluding steroid dienone is 2. The summed E-state index contributed by atoms with van der Waals surface area (Å²) in [6.07, 6.45) is 33.8. The number of rotatable bonds is 30. The predicted molar refractivity (Wildman–Crippen MR) is 159 cm³/mol. The molecule has 4 nitrogen and oxygen atoms in total. The fourth-order valence-electron chi connectivity index (χ4n) is 4.62. The van der Waals surface area contributed by atoms with E-state index < -0.39 is 6.10 Å². The molecule has 0 aliphatic rings. The summed E-state index contributed by atoms with van der Waals surface area (Å²) in [7, 11) is 0. The fourth-order valence-corrected chi connectivity index (χ4v) is 4.62. The molecule has 0 aromatic carbocycles. The molecule has 0 rings (SSSR count). The van der Waals surface area contributed by atoms with Crippen LogP contribution in [0.3, 0.4) is 0 Å². The molecule has 37 heavy (non-hydrogen) atoms. The van der Waals surface area contributed by atoms with Crippen LogP contribution < -0.4 is 0 Å². The van der Waals surface area contributed by atoms with Crippen LogP contribution >= 0.6 is 0 Å². The van der Waals surface area contributed by atoms with Gasteiger partial charge in [-0.05, 0) is 38.5 Å². The molecule has 0 aliphatic carbocycles. The number of hydrogen-bond acceptors (Lipinski definition) is 4. The molecule has 0 aromatic rings.